The molecule has 18 heavy (non-hydrogen) atoms. The summed E-state index contributed by atoms with van der Waals surface area (Å²) in [5.41, 5.74) is 0.236. The van der Waals surface area contributed by atoms with Gasteiger partial charge in [-0.3, -0.25) is 9.48 Å². The number of hydrogen-bond acceptors (Lipinski definition) is 3. The molecule has 5 nitrogen and oxygen atoms in total. The van der Waals surface area contributed by atoms with Gasteiger partial charge >= 0.3 is 6.18 Å². The monoisotopic (exact) mass is 263 g/mol. The highest BCUT2D eigenvalue weighted by Crippen LogP contribution is 2.19. The molecule has 0 aromatic carbocycles. The first-order valence-corrected chi connectivity index (χ1v) is 5.46. The molecule has 0 aliphatic carbocycles. The highest BCUT2D eigenvalue weighted by Gasteiger charge is 2.29. The zero-order chi connectivity index (χ0) is 13.2. The second-order valence-corrected chi connectivity index (χ2v) is 4.03. The van der Waals surface area contributed by atoms with Crippen LogP contribution in [0.5, 0.6) is 0 Å². The predicted octanol–water partition coefficient (Wildman–Crippen LogP) is 1.56. The van der Waals surface area contributed by atoms with Crippen LogP contribution < -0.4 is 5.32 Å². The third-order valence-electron chi connectivity index (χ3n) is 2.46. The normalized spacial score (nSPS) is 20.1. The summed E-state index contributed by atoms with van der Waals surface area (Å²) in [5.74, 6) is -0.348. The van der Waals surface area contributed by atoms with Gasteiger partial charge in [0.15, 0.2) is 0 Å². The molecular weight excluding hydrogens is 251 g/mol. The van der Waals surface area contributed by atoms with E-state index in [1.165, 1.54) is 6.20 Å². The van der Waals surface area contributed by atoms with Gasteiger partial charge in [-0.15, -0.1) is 0 Å². The van der Waals surface area contributed by atoms with E-state index in [9.17, 15) is 18.0 Å². The third kappa shape index (κ3) is 3.46. The topological polar surface area (TPSA) is 56.2 Å². The zero-order valence-electron chi connectivity index (χ0n) is 9.41. The van der Waals surface area contributed by atoms with E-state index >= 15 is 0 Å². The van der Waals surface area contributed by atoms with E-state index in [-0.39, 0.29) is 11.6 Å². The number of nitrogens with one attached hydrogen (secondary N) is 1. The van der Waals surface area contributed by atoms with Gasteiger partial charge in [-0.1, -0.05) is 0 Å². The number of anilines is 1. The Morgan fingerprint density at radius 3 is 3.00 bits per heavy atom. The quantitative estimate of drug-likeness (QED) is 0.900. The van der Waals surface area contributed by atoms with E-state index in [1.807, 2.05) is 0 Å². The van der Waals surface area contributed by atoms with Gasteiger partial charge in [0.2, 0.25) is 0 Å². The van der Waals surface area contributed by atoms with Crippen molar-refractivity contribution < 1.29 is 22.7 Å². The van der Waals surface area contributed by atoms with Crippen LogP contribution in [0.2, 0.25) is 0 Å². The molecule has 0 bridgehead atoms. The molecule has 1 aliphatic heterocycles. The van der Waals surface area contributed by atoms with Crippen molar-refractivity contribution in [1.82, 2.24) is 9.78 Å². The molecule has 0 unspecified atom stereocenters. The molecule has 8 heteroatoms. The van der Waals surface area contributed by atoms with Crippen molar-refractivity contribution >= 4 is 11.6 Å². The molecule has 1 atom stereocenters. The van der Waals surface area contributed by atoms with Crippen molar-refractivity contribution in [1.29, 1.82) is 0 Å². The molecule has 2 rings (SSSR count). The van der Waals surface area contributed by atoms with Crippen LogP contribution in [-0.4, -0.2) is 34.6 Å². The van der Waals surface area contributed by atoms with Crippen LogP contribution in [-0.2, 0) is 16.1 Å². The second-order valence-electron chi connectivity index (χ2n) is 4.03. The Kier molecular flexibility index (Phi) is 3.55. The van der Waals surface area contributed by atoms with Crippen molar-refractivity contribution in [2.24, 2.45) is 0 Å². The van der Waals surface area contributed by atoms with Crippen LogP contribution in [0.15, 0.2) is 12.4 Å². The first-order valence-electron chi connectivity index (χ1n) is 5.46. The van der Waals surface area contributed by atoms with Crippen LogP contribution >= 0.6 is 0 Å². The fourth-order valence-corrected chi connectivity index (χ4v) is 1.71. The minimum atomic E-state index is -4.33. The van der Waals surface area contributed by atoms with Gasteiger partial charge in [0.25, 0.3) is 5.91 Å². The van der Waals surface area contributed by atoms with Gasteiger partial charge < -0.3 is 10.1 Å². The Hall–Kier alpha value is -1.57. The summed E-state index contributed by atoms with van der Waals surface area (Å²) in [6.45, 7) is -0.645. The number of carbonyl (C=O) groups is 1. The minimum absolute atomic E-state index is 0.236. The number of amides is 1. The van der Waals surface area contributed by atoms with Crippen LogP contribution in [0.1, 0.15) is 12.8 Å². The molecular formula is C10H12F3N3O2. The molecule has 1 aliphatic rings. The van der Waals surface area contributed by atoms with Gasteiger partial charge in [-0.25, -0.2) is 0 Å². The molecule has 0 radical (unpaired) electrons. The number of nitrogens with zero attached hydrogens (tertiary/aromatic N) is 2. The number of rotatable bonds is 3. The van der Waals surface area contributed by atoms with E-state index in [4.69, 9.17) is 4.74 Å². The first kappa shape index (κ1) is 12.9. The maximum absolute atomic E-state index is 12.1. The van der Waals surface area contributed by atoms with Gasteiger partial charge in [0.05, 0.1) is 11.9 Å². The number of hydrogen-bond donors (Lipinski definition) is 1. The molecule has 1 fully saturated rings. The average Bonchev–Trinajstić information content (AvgIpc) is 2.86. The molecule has 2 heterocycles. The molecule has 0 saturated carbocycles. The first-order chi connectivity index (χ1) is 8.44. The zero-order valence-corrected chi connectivity index (χ0v) is 9.41. The van der Waals surface area contributed by atoms with E-state index in [2.05, 4.69) is 10.4 Å². The Morgan fingerprint density at radius 1 is 1.61 bits per heavy atom. The van der Waals surface area contributed by atoms with Gasteiger partial charge in [0.1, 0.15) is 12.6 Å². The van der Waals surface area contributed by atoms with Crippen LogP contribution in [0.4, 0.5) is 18.9 Å². The van der Waals surface area contributed by atoms with Crippen molar-refractivity contribution in [3.05, 3.63) is 12.4 Å². The lowest BCUT2D eigenvalue weighted by Crippen LogP contribution is -2.26. The maximum Gasteiger partial charge on any atom is 0.408 e. The van der Waals surface area contributed by atoms with Gasteiger partial charge in [0, 0.05) is 12.8 Å². The number of carbonyl (C=O) groups excluding carboxylic acids is 1. The summed E-state index contributed by atoms with van der Waals surface area (Å²) < 4.78 is 42.2. The SMILES string of the molecule is O=C(Nc1cnn(CC(F)(F)F)c1)[C@@H]1CCCO1. The molecule has 100 valence electrons. The maximum atomic E-state index is 12.1. The number of alkyl halides is 3. The molecule has 1 saturated heterocycles. The summed E-state index contributed by atoms with van der Waals surface area (Å²) in [5, 5.41) is 6.00. The third-order valence-corrected chi connectivity index (χ3v) is 2.46. The molecule has 1 N–H and O–H groups in total. The predicted molar refractivity (Wildman–Crippen MR) is 55.9 cm³/mol. The van der Waals surface area contributed by atoms with Crippen LogP contribution in [0, 0.1) is 0 Å². The largest absolute Gasteiger partial charge is 0.408 e. The van der Waals surface area contributed by atoms with Crippen molar-refractivity contribution in [3.8, 4) is 0 Å². The van der Waals surface area contributed by atoms with E-state index < -0.39 is 18.8 Å². The number of ether oxygens (including phenoxy) is 1. The lowest BCUT2D eigenvalue weighted by Gasteiger charge is -2.08. The van der Waals surface area contributed by atoms with Crippen molar-refractivity contribution in [2.45, 2.75) is 31.7 Å². The molecule has 1 aromatic rings. The summed E-state index contributed by atoms with van der Waals surface area (Å²) in [7, 11) is 0. The Morgan fingerprint density at radius 2 is 2.39 bits per heavy atom. The van der Waals surface area contributed by atoms with Crippen LogP contribution in [0.3, 0.4) is 0 Å². The summed E-state index contributed by atoms with van der Waals surface area (Å²) in [4.78, 5) is 11.6. The summed E-state index contributed by atoms with van der Waals surface area (Å²) >= 11 is 0. The Balaban J connectivity index is 1.92. The minimum Gasteiger partial charge on any atom is -0.368 e. The fraction of sp³-hybridized carbons (Fsp3) is 0.600. The van der Waals surface area contributed by atoms with E-state index in [0.717, 1.165) is 17.3 Å². The molecule has 1 amide bonds. The molecule has 0 spiro atoms. The van der Waals surface area contributed by atoms with Gasteiger partial charge in [-0.2, -0.15) is 18.3 Å². The number of aromatic nitrogens is 2. The van der Waals surface area contributed by atoms with Crippen molar-refractivity contribution in [3.63, 3.8) is 0 Å². The smallest absolute Gasteiger partial charge is 0.368 e. The van der Waals surface area contributed by atoms with Crippen molar-refractivity contribution in [2.75, 3.05) is 11.9 Å². The standard InChI is InChI=1S/C10H12F3N3O2/c11-10(12,13)6-16-5-7(4-14-16)15-9(17)8-2-1-3-18-8/h4-5,8H,1-3,6H2,(H,15,17)/t8-/m0/s1. The Labute approximate surface area is 101 Å². The highest BCUT2D eigenvalue weighted by atomic mass is 19.4. The van der Waals surface area contributed by atoms with E-state index in [0.29, 0.717) is 13.0 Å². The number of halogens is 3. The van der Waals surface area contributed by atoms with Crippen LogP contribution in [0.25, 0.3) is 0 Å². The fourth-order valence-electron chi connectivity index (χ4n) is 1.71. The van der Waals surface area contributed by atoms with Gasteiger partial charge in [-0.05, 0) is 12.8 Å². The molecule has 1 aromatic heterocycles. The average molecular weight is 263 g/mol. The summed E-state index contributed by atoms with van der Waals surface area (Å²) in [6.07, 6.45) is -1.09. The lowest BCUT2D eigenvalue weighted by atomic mass is 10.2. The second kappa shape index (κ2) is 4.97. The van der Waals surface area contributed by atoms with E-state index in [1.54, 1.807) is 0 Å². The Bertz CT molecular complexity index is 424. The lowest BCUT2D eigenvalue weighted by molar-refractivity contribution is -0.142. The summed E-state index contributed by atoms with van der Waals surface area (Å²) in [6, 6.07) is 0. The highest BCUT2D eigenvalue weighted by molar-refractivity contribution is 5.94.